The van der Waals surface area contributed by atoms with Gasteiger partial charge in [-0.2, -0.15) is 0 Å². The molecule has 2 fully saturated rings. The van der Waals surface area contributed by atoms with Crippen molar-refractivity contribution in [3.05, 3.63) is 40.7 Å². The Balaban J connectivity index is 0.00000196. The number of aromatic nitrogens is 4. The van der Waals surface area contributed by atoms with Crippen molar-refractivity contribution in [2.24, 2.45) is 0 Å². The Morgan fingerprint density at radius 1 is 1.08 bits per heavy atom. The van der Waals surface area contributed by atoms with E-state index in [0.717, 1.165) is 55.4 Å². The van der Waals surface area contributed by atoms with Crippen LogP contribution in [0, 0.1) is 0 Å². The summed E-state index contributed by atoms with van der Waals surface area (Å²) >= 11 is 6.58. The van der Waals surface area contributed by atoms with Gasteiger partial charge in [0.1, 0.15) is 0 Å². The standard InChI is InChI=1S/C18H25ClN6.ClH/c1-23-10-12-24(13-11-23)17(15-8-4-5-9-16(15)19)18-20-21-22-25(18)14-6-2-3-7-14;/h4-5,8-9,14,17H,2-3,6-7,10-13H2,1H3;1H. The molecule has 8 heteroatoms. The van der Waals surface area contributed by atoms with Gasteiger partial charge in [0.2, 0.25) is 0 Å². The average Bonchev–Trinajstić information content (AvgIpc) is 3.30. The SMILES string of the molecule is CN1CCN(C(c2ccccc2Cl)c2nnnn2C2CCCC2)CC1.Cl. The molecule has 1 saturated carbocycles. The molecule has 1 atom stereocenters. The number of piperazine rings is 1. The maximum atomic E-state index is 6.58. The summed E-state index contributed by atoms with van der Waals surface area (Å²) in [5.74, 6) is 0.935. The summed E-state index contributed by atoms with van der Waals surface area (Å²) in [7, 11) is 2.17. The van der Waals surface area contributed by atoms with Gasteiger partial charge in [0, 0.05) is 31.2 Å². The Morgan fingerprint density at radius 2 is 1.77 bits per heavy atom. The quantitative estimate of drug-likeness (QED) is 0.793. The molecule has 2 aromatic rings. The van der Waals surface area contributed by atoms with E-state index in [1.165, 1.54) is 12.8 Å². The second-order valence-corrected chi connectivity index (χ2v) is 7.59. The fraction of sp³-hybridized carbons (Fsp3) is 0.611. The summed E-state index contributed by atoms with van der Waals surface area (Å²) in [6.45, 7) is 4.08. The Hall–Kier alpha value is -1.21. The lowest BCUT2D eigenvalue weighted by Gasteiger charge is -2.38. The van der Waals surface area contributed by atoms with E-state index < -0.39 is 0 Å². The number of hydrogen-bond donors (Lipinski definition) is 0. The molecular formula is C18H26Cl2N6. The lowest BCUT2D eigenvalue weighted by atomic mass is 10.0. The zero-order valence-corrected chi connectivity index (χ0v) is 16.7. The van der Waals surface area contributed by atoms with Gasteiger partial charge >= 0.3 is 0 Å². The highest BCUT2D eigenvalue weighted by atomic mass is 35.5. The lowest BCUT2D eigenvalue weighted by molar-refractivity contribution is 0.120. The molecule has 0 N–H and O–H groups in total. The van der Waals surface area contributed by atoms with Crippen molar-refractivity contribution in [3.63, 3.8) is 0 Å². The van der Waals surface area contributed by atoms with Crippen LogP contribution in [-0.2, 0) is 0 Å². The van der Waals surface area contributed by atoms with Crippen LogP contribution in [-0.4, -0.2) is 63.2 Å². The van der Waals surface area contributed by atoms with Crippen LogP contribution in [0.5, 0.6) is 0 Å². The molecule has 1 aliphatic heterocycles. The molecule has 0 spiro atoms. The van der Waals surface area contributed by atoms with Crippen molar-refractivity contribution in [1.29, 1.82) is 0 Å². The Bertz CT molecular complexity index is 707. The molecule has 1 aliphatic carbocycles. The molecule has 6 nitrogen and oxygen atoms in total. The third-order valence-corrected chi connectivity index (χ3v) is 5.88. The molecule has 1 aromatic carbocycles. The second-order valence-electron chi connectivity index (χ2n) is 7.18. The second kappa shape index (κ2) is 8.65. The highest BCUT2D eigenvalue weighted by molar-refractivity contribution is 6.31. The van der Waals surface area contributed by atoms with E-state index >= 15 is 0 Å². The zero-order chi connectivity index (χ0) is 17.2. The maximum Gasteiger partial charge on any atom is 0.173 e. The monoisotopic (exact) mass is 396 g/mol. The topological polar surface area (TPSA) is 50.1 Å². The summed E-state index contributed by atoms with van der Waals surface area (Å²) in [4.78, 5) is 4.83. The van der Waals surface area contributed by atoms with Gasteiger partial charge in [-0.25, -0.2) is 4.68 Å². The number of likely N-dealkylation sites (N-methyl/N-ethyl adjacent to an activating group) is 1. The van der Waals surface area contributed by atoms with Crippen molar-refractivity contribution < 1.29 is 0 Å². The average molecular weight is 397 g/mol. The molecule has 2 heterocycles. The van der Waals surface area contributed by atoms with Crippen molar-refractivity contribution in [3.8, 4) is 0 Å². The molecule has 1 unspecified atom stereocenters. The maximum absolute atomic E-state index is 6.58. The molecule has 4 rings (SSSR count). The van der Waals surface area contributed by atoms with E-state index in [0.29, 0.717) is 6.04 Å². The largest absolute Gasteiger partial charge is 0.304 e. The molecule has 0 radical (unpaired) electrons. The zero-order valence-electron chi connectivity index (χ0n) is 15.1. The molecule has 0 amide bonds. The third-order valence-electron chi connectivity index (χ3n) is 5.54. The highest BCUT2D eigenvalue weighted by Crippen LogP contribution is 2.36. The van der Waals surface area contributed by atoms with Crippen LogP contribution < -0.4 is 0 Å². The first-order valence-electron chi connectivity index (χ1n) is 9.19. The summed E-state index contributed by atoms with van der Waals surface area (Å²) in [5, 5.41) is 13.6. The van der Waals surface area contributed by atoms with Crippen LogP contribution in [0.15, 0.2) is 24.3 Å². The molecule has 1 aromatic heterocycles. The minimum absolute atomic E-state index is 0. The first-order chi connectivity index (χ1) is 12.2. The molecule has 26 heavy (non-hydrogen) atoms. The van der Waals surface area contributed by atoms with E-state index in [1.54, 1.807) is 0 Å². The van der Waals surface area contributed by atoms with E-state index in [4.69, 9.17) is 11.6 Å². The van der Waals surface area contributed by atoms with E-state index in [2.05, 4.69) is 43.1 Å². The van der Waals surface area contributed by atoms with Gasteiger partial charge in [-0.3, -0.25) is 4.90 Å². The fourth-order valence-electron chi connectivity index (χ4n) is 4.07. The van der Waals surface area contributed by atoms with Gasteiger partial charge in [0.25, 0.3) is 0 Å². The Morgan fingerprint density at radius 3 is 2.46 bits per heavy atom. The number of nitrogens with zero attached hydrogens (tertiary/aromatic N) is 6. The van der Waals surface area contributed by atoms with Crippen LogP contribution >= 0.6 is 24.0 Å². The third kappa shape index (κ3) is 3.88. The highest BCUT2D eigenvalue weighted by Gasteiger charge is 2.33. The van der Waals surface area contributed by atoms with E-state index in [9.17, 15) is 0 Å². The minimum atomic E-state index is 0. The predicted octanol–water partition coefficient (Wildman–Crippen LogP) is 3.20. The van der Waals surface area contributed by atoms with Crippen molar-refractivity contribution in [2.75, 3.05) is 33.2 Å². The normalized spacial score (nSPS) is 20.8. The molecular weight excluding hydrogens is 371 g/mol. The number of tetrazole rings is 1. The summed E-state index contributed by atoms with van der Waals surface area (Å²) in [6.07, 6.45) is 4.84. The smallest absolute Gasteiger partial charge is 0.173 e. The molecule has 1 saturated heterocycles. The molecule has 0 bridgehead atoms. The fourth-order valence-corrected chi connectivity index (χ4v) is 4.30. The minimum Gasteiger partial charge on any atom is -0.304 e. The van der Waals surface area contributed by atoms with Crippen molar-refractivity contribution in [1.82, 2.24) is 30.0 Å². The van der Waals surface area contributed by atoms with Crippen LogP contribution in [0.4, 0.5) is 0 Å². The first kappa shape index (κ1) is 19.5. The summed E-state index contributed by atoms with van der Waals surface area (Å²) in [5.41, 5.74) is 1.10. The summed E-state index contributed by atoms with van der Waals surface area (Å²) in [6, 6.07) is 8.53. The van der Waals surface area contributed by atoms with Crippen molar-refractivity contribution >= 4 is 24.0 Å². The number of benzene rings is 1. The number of hydrogen-bond acceptors (Lipinski definition) is 5. The number of halogens is 2. The first-order valence-corrected chi connectivity index (χ1v) is 9.56. The Labute approximate surface area is 165 Å². The van der Waals surface area contributed by atoms with Crippen LogP contribution in [0.3, 0.4) is 0 Å². The summed E-state index contributed by atoms with van der Waals surface area (Å²) < 4.78 is 2.07. The van der Waals surface area contributed by atoms with Gasteiger partial charge in [0.15, 0.2) is 5.82 Å². The van der Waals surface area contributed by atoms with Crippen LogP contribution in [0.2, 0.25) is 5.02 Å². The Kier molecular flexibility index (Phi) is 6.51. The van der Waals surface area contributed by atoms with Crippen LogP contribution in [0.25, 0.3) is 0 Å². The van der Waals surface area contributed by atoms with Gasteiger partial charge in [-0.15, -0.1) is 17.5 Å². The van der Waals surface area contributed by atoms with Gasteiger partial charge in [0.05, 0.1) is 12.1 Å². The van der Waals surface area contributed by atoms with E-state index in [-0.39, 0.29) is 18.4 Å². The molecule has 2 aliphatic rings. The van der Waals surface area contributed by atoms with Gasteiger partial charge < -0.3 is 4.90 Å². The van der Waals surface area contributed by atoms with Crippen LogP contribution in [0.1, 0.15) is 49.2 Å². The lowest BCUT2D eigenvalue weighted by Crippen LogP contribution is -2.46. The van der Waals surface area contributed by atoms with Gasteiger partial charge in [-0.1, -0.05) is 42.6 Å². The van der Waals surface area contributed by atoms with E-state index in [1.807, 2.05) is 18.2 Å². The molecule has 142 valence electrons. The number of rotatable bonds is 4. The predicted molar refractivity (Wildman–Crippen MR) is 105 cm³/mol. The van der Waals surface area contributed by atoms with Crippen molar-refractivity contribution in [2.45, 2.75) is 37.8 Å². The van der Waals surface area contributed by atoms with Gasteiger partial charge in [-0.05, 0) is 41.9 Å².